The van der Waals surface area contributed by atoms with E-state index in [9.17, 15) is 9.59 Å². The Morgan fingerprint density at radius 2 is 1.81 bits per heavy atom. The van der Waals surface area contributed by atoms with Crippen molar-refractivity contribution in [2.75, 3.05) is 13.1 Å². The van der Waals surface area contributed by atoms with Crippen molar-refractivity contribution in [3.63, 3.8) is 0 Å². The van der Waals surface area contributed by atoms with Gasteiger partial charge in [0.1, 0.15) is 0 Å². The fraction of sp³-hybridized carbons (Fsp3) is 0.364. The van der Waals surface area contributed by atoms with Gasteiger partial charge in [0, 0.05) is 13.1 Å². The number of benzene rings is 2. The van der Waals surface area contributed by atoms with E-state index in [1.165, 1.54) is 5.56 Å². The summed E-state index contributed by atoms with van der Waals surface area (Å²) in [5.74, 6) is -0.400. The van der Waals surface area contributed by atoms with Crippen LogP contribution in [0.3, 0.4) is 0 Å². The van der Waals surface area contributed by atoms with Gasteiger partial charge in [-0.15, -0.1) is 0 Å². The standard InChI is InChI=1S/C22H25NO3/c1-15-6-7-16(2)20(12-15)14-21(24)23-10-8-17(9-11-23)18-4-3-5-19(13-18)22(25)26/h3-7,12-13,17H,8-11,14H2,1-2H3,(H,25,26). The molecule has 0 saturated carbocycles. The van der Waals surface area contributed by atoms with Crippen LogP contribution in [0.4, 0.5) is 0 Å². The van der Waals surface area contributed by atoms with Gasteiger partial charge in [0.05, 0.1) is 12.0 Å². The molecule has 26 heavy (non-hydrogen) atoms. The number of hydrogen-bond acceptors (Lipinski definition) is 2. The molecule has 3 rings (SSSR count). The third-order valence-electron chi connectivity index (χ3n) is 5.30. The molecular weight excluding hydrogens is 326 g/mol. The van der Waals surface area contributed by atoms with Crippen molar-refractivity contribution in [1.29, 1.82) is 0 Å². The van der Waals surface area contributed by atoms with E-state index in [1.54, 1.807) is 18.2 Å². The maximum Gasteiger partial charge on any atom is 0.335 e. The van der Waals surface area contributed by atoms with Crippen molar-refractivity contribution in [3.8, 4) is 0 Å². The lowest BCUT2D eigenvalue weighted by Gasteiger charge is -2.32. The van der Waals surface area contributed by atoms with Gasteiger partial charge in [-0.2, -0.15) is 0 Å². The van der Waals surface area contributed by atoms with Gasteiger partial charge in [0.15, 0.2) is 0 Å². The molecule has 1 heterocycles. The molecular formula is C22H25NO3. The van der Waals surface area contributed by atoms with Gasteiger partial charge >= 0.3 is 5.97 Å². The lowest BCUT2D eigenvalue weighted by Crippen LogP contribution is -2.38. The highest BCUT2D eigenvalue weighted by Gasteiger charge is 2.24. The molecule has 4 nitrogen and oxygen atoms in total. The first kappa shape index (κ1) is 18.2. The second-order valence-corrected chi connectivity index (χ2v) is 7.19. The highest BCUT2D eigenvalue weighted by molar-refractivity contribution is 5.87. The second kappa shape index (κ2) is 7.73. The number of hydrogen-bond donors (Lipinski definition) is 1. The summed E-state index contributed by atoms with van der Waals surface area (Å²) in [5, 5.41) is 9.15. The van der Waals surface area contributed by atoms with E-state index >= 15 is 0 Å². The highest BCUT2D eigenvalue weighted by atomic mass is 16.4. The Hall–Kier alpha value is -2.62. The van der Waals surface area contributed by atoms with Crippen LogP contribution in [0.25, 0.3) is 0 Å². The predicted octanol–water partition coefficient (Wildman–Crippen LogP) is 3.95. The summed E-state index contributed by atoms with van der Waals surface area (Å²) in [7, 11) is 0. The maximum absolute atomic E-state index is 12.7. The molecule has 0 radical (unpaired) electrons. The van der Waals surface area contributed by atoms with Crippen molar-refractivity contribution < 1.29 is 14.7 Å². The molecule has 1 saturated heterocycles. The Morgan fingerprint density at radius 1 is 1.08 bits per heavy atom. The van der Waals surface area contributed by atoms with Crippen molar-refractivity contribution in [2.24, 2.45) is 0 Å². The number of carbonyl (C=O) groups is 2. The van der Waals surface area contributed by atoms with Crippen LogP contribution >= 0.6 is 0 Å². The molecule has 0 aromatic heterocycles. The van der Waals surface area contributed by atoms with Gasteiger partial charge in [-0.1, -0.05) is 35.9 Å². The summed E-state index contributed by atoms with van der Waals surface area (Å²) >= 11 is 0. The Balaban J connectivity index is 1.61. The summed E-state index contributed by atoms with van der Waals surface area (Å²) in [6.07, 6.45) is 2.20. The van der Waals surface area contributed by atoms with Crippen molar-refractivity contribution in [1.82, 2.24) is 4.90 Å². The lowest BCUT2D eigenvalue weighted by atomic mass is 9.88. The van der Waals surface area contributed by atoms with E-state index in [2.05, 4.69) is 18.2 Å². The van der Waals surface area contributed by atoms with Crippen molar-refractivity contribution in [3.05, 3.63) is 70.3 Å². The first-order valence-electron chi connectivity index (χ1n) is 9.11. The molecule has 1 aliphatic heterocycles. The van der Waals surface area contributed by atoms with Crippen LogP contribution in [0.2, 0.25) is 0 Å². The number of carboxylic acid groups (broad SMARTS) is 1. The minimum Gasteiger partial charge on any atom is -0.478 e. The van der Waals surface area contributed by atoms with Crippen LogP contribution in [0, 0.1) is 13.8 Å². The zero-order valence-corrected chi connectivity index (χ0v) is 15.4. The molecule has 136 valence electrons. The van der Waals surface area contributed by atoms with Crippen LogP contribution < -0.4 is 0 Å². The van der Waals surface area contributed by atoms with Gasteiger partial charge in [-0.25, -0.2) is 4.79 Å². The number of likely N-dealkylation sites (tertiary alicyclic amines) is 1. The predicted molar refractivity (Wildman–Crippen MR) is 102 cm³/mol. The highest BCUT2D eigenvalue weighted by Crippen LogP contribution is 2.29. The van der Waals surface area contributed by atoms with E-state index in [0.717, 1.165) is 42.6 Å². The van der Waals surface area contributed by atoms with E-state index < -0.39 is 5.97 Å². The van der Waals surface area contributed by atoms with Gasteiger partial charge in [-0.05, 0) is 61.4 Å². The van der Waals surface area contributed by atoms with Gasteiger partial charge in [-0.3, -0.25) is 4.79 Å². The van der Waals surface area contributed by atoms with E-state index in [1.807, 2.05) is 24.8 Å². The topological polar surface area (TPSA) is 57.6 Å². The number of aryl methyl sites for hydroxylation is 2. The molecule has 2 aromatic rings. The number of carbonyl (C=O) groups excluding carboxylic acids is 1. The van der Waals surface area contributed by atoms with Crippen LogP contribution in [-0.4, -0.2) is 35.0 Å². The summed E-state index contributed by atoms with van der Waals surface area (Å²) in [5.41, 5.74) is 4.83. The fourth-order valence-corrected chi connectivity index (χ4v) is 3.65. The molecule has 0 unspecified atom stereocenters. The maximum atomic E-state index is 12.7. The average molecular weight is 351 g/mol. The van der Waals surface area contributed by atoms with Crippen LogP contribution in [0.15, 0.2) is 42.5 Å². The van der Waals surface area contributed by atoms with Crippen LogP contribution in [0.1, 0.15) is 51.4 Å². The average Bonchev–Trinajstić information content (AvgIpc) is 2.65. The first-order valence-corrected chi connectivity index (χ1v) is 9.11. The first-order chi connectivity index (χ1) is 12.4. The van der Waals surface area contributed by atoms with Crippen molar-refractivity contribution >= 4 is 11.9 Å². The summed E-state index contributed by atoms with van der Waals surface area (Å²) in [4.78, 5) is 25.8. The van der Waals surface area contributed by atoms with Gasteiger partial charge in [0.2, 0.25) is 5.91 Å². The summed E-state index contributed by atoms with van der Waals surface area (Å²) in [6.45, 7) is 5.55. The Kier molecular flexibility index (Phi) is 5.40. The van der Waals surface area contributed by atoms with E-state index in [-0.39, 0.29) is 5.91 Å². The normalized spacial score (nSPS) is 15.1. The monoisotopic (exact) mass is 351 g/mol. The zero-order valence-electron chi connectivity index (χ0n) is 15.4. The molecule has 1 N–H and O–H groups in total. The third-order valence-corrected chi connectivity index (χ3v) is 5.30. The molecule has 0 aliphatic carbocycles. The molecule has 0 atom stereocenters. The van der Waals surface area contributed by atoms with Crippen LogP contribution in [-0.2, 0) is 11.2 Å². The third kappa shape index (κ3) is 4.13. The minimum atomic E-state index is -0.895. The Morgan fingerprint density at radius 3 is 2.50 bits per heavy atom. The Labute approximate surface area is 154 Å². The lowest BCUT2D eigenvalue weighted by molar-refractivity contribution is -0.131. The number of aromatic carboxylic acids is 1. The van der Waals surface area contributed by atoms with Crippen molar-refractivity contribution in [2.45, 2.75) is 39.0 Å². The summed E-state index contributed by atoms with van der Waals surface area (Å²) < 4.78 is 0. The second-order valence-electron chi connectivity index (χ2n) is 7.19. The minimum absolute atomic E-state index is 0.177. The quantitative estimate of drug-likeness (QED) is 0.907. The smallest absolute Gasteiger partial charge is 0.335 e. The fourth-order valence-electron chi connectivity index (χ4n) is 3.65. The Bertz CT molecular complexity index is 820. The van der Waals surface area contributed by atoms with Crippen LogP contribution in [0.5, 0.6) is 0 Å². The molecule has 2 aromatic carbocycles. The molecule has 4 heteroatoms. The zero-order chi connectivity index (χ0) is 18.7. The van der Waals surface area contributed by atoms with Gasteiger partial charge in [0.25, 0.3) is 0 Å². The number of carboxylic acids is 1. The molecule has 1 aliphatic rings. The van der Waals surface area contributed by atoms with E-state index in [4.69, 9.17) is 5.11 Å². The number of rotatable bonds is 4. The SMILES string of the molecule is Cc1ccc(C)c(CC(=O)N2CCC(c3cccc(C(=O)O)c3)CC2)c1. The molecule has 1 amide bonds. The number of nitrogens with zero attached hydrogens (tertiary/aromatic N) is 1. The largest absolute Gasteiger partial charge is 0.478 e. The molecule has 1 fully saturated rings. The summed E-state index contributed by atoms with van der Waals surface area (Å²) in [6, 6.07) is 13.4. The number of amides is 1. The van der Waals surface area contributed by atoms with E-state index in [0.29, 0.717) is 17.9 Å². The molecule has 0 spiro atoms. The number of piperidine rings is 1. The molecule has 0 bridgehead atoms. The van der Waals surface area contributed by atoms with Gasteiger partial charge < -0.3 is 10.0 Å².